The van der Waals surface area contributed by atoms with E-state index in [4.69, 9.17) is 9.47 Å². The van der Waals surface area contributed by atoms with Crippen molar-refractivity contribution in [2.75, 3.05) is 32.9 Å². The summed E-state index contributed by atoms with van der Waals surface area (Å²) in [5, 5.41) is 0. The first kappa shape index (κ1) is 13.3. The quantitative estimate of drug-likeness (QED) is 0.853. The van der Waals surface area contributed by atoms with Gasteiger partial charge in [-0.25, -0.2) is 4.39 Å². The monoisotopic (exact) mass is 317 g/mol. The Morgan fingerprint density at radius 1 is 1.44 bits per heavy atom. The van der Waals surface area contributed by atoms with Crippen LogP contribution >= 0.6 is 15.9 Å². The van der Waals surface area contributed by atoms with Crippen LogP contribution in [0.4, 0.5) is 4.39 Å². The normalized spacial score (nSPS) is 15.6. The summed E-state index contributed by atoms with van der Waals surface area (Å²) in [6, 6.07) is 4.08. The minimum atomic E-state index is -0.353. The molecule has 6 heteroatoms. The highest BCUT2D eigenvalue weighted by Crippen LogP contribution is 2.25. The van der Waals surface area contributed by atoms with E-state index in [0.717, 1.165) is 0 Å². The van der Waals surface area contributed by atoms with Gasteiger partial charge >= 0.3 is 0 Å². The summed E-state index contributed by atoms with van der Waals surface area (Å²) < 4.78 is 23.9. The molecule has 1 heterocycles. The van der Waals surface area contributed by atoms with E-state index in [1.165, 1.54) is 18.2 Å². The van der Waals surface area contributed by atoms with E-state index in [9.17, 15) is 9.18 Å². The summed E-state index contributed by atoms with van der Waals surface area (Å²) >= 11 is 3.18. The molecule has 1 amide bonds. The van der Waals surface area contributed by atoms with Crippen LogP contribution in [0.15, 0.2) is 22.7 Å². The Morgan fingerprint density at radius 2 is 2.17 bits per heavy atom. The van der Waals surface area contributed by atoms with Crippen LogP contribution in [0.1, 0.15) is 0 Å². The molecule has 1 aromatic rings. The van der Waals surface area contributed by atoms with Crippen LogP contribution in [0.2, 0.25) is 0 Å². The molecule has 18 heavy (non-hydrogen) atoms. The first-order chi connectivity index (χ1) is 8.66. The van der Waals surface area contributed by atoms with Crippen molar-refractivity contribution in [3.63, 3.8) is 0 Å². The van der Waals surface area contributed by atoms with Crippen molar-refractivity contribution < 1.29 is 18.7 Å². The molecule has 2 rings (SSSR count). The van der Waals surface area contributed by atoms with Gasteiger partial charge in [0, 0.05) is 13.1 Å². The first-order valence-corrected chi connectivity index (χ1v) is 6.39. The van der Waals surface area contributed by atoms with Crippen LogP contribution in [0.5, 0.6) is 5.75 Å². The predicted octanol–water partition coefficient (Wildman–Crippen LogP) is 1.83. The number of amides is 1. The lowest BCUT2D eigenvalue weighted by molar-refractivity contribution is -0.137. The summed E-state index contributed by atoms with van der Waals surface area (Å²) in [6.45, 7) is 2.25. The fourth-order valence-electron chi connectivity index (χ4n) is 1.64. The second-order valence-corrected chi connectivity index (χ2v) is 4.71. The predicted molar refractivity (Wildman–Crippen MR) is 67.0 cm³/mol. The van der Waals surface area contributed by atoms with Gasteiger partial charge < -0.3 is 14.4 Å². The van der Waals surface area contributed by atoms with Crippen LogP contribution < -0.4 is 4.74 Å². The largest absolute Gasteiger partial charge is 0.483 e. The number of rotatable bonds is 3. The Labute approximate surface area is 113 Å². The van der Waals surface area contributed by atoms with Gasteiger partial charge in [-0.2, -0.15) is 0 Å². The van der Waals surface area contributed by atoms with Gasteiger partial charge in [0.05, 0.1) is 17.7 Å². The highest BCUT2D eigenvalue weighted by atomic mass is 79.9. The van der Waals surface area contributed by atoms with E-state index in [0.29, 0.717) is 36.5 Å². The smallest absolute Gasteiger partial charge is 0.260 e. The molecule has 0 unspecified atom stereocenters. The Hall–Kier alpha value is -1.14. The Morgan fingerprint density at radius 3 is 2.83 bits per heavy atom. The number of hydrogen-bond acceptors (Lipinski definition) is 3. The Kier molecular flexibility index (Phi) is 4.54. The molecule has 0 atom stereocenters. The molecule has 0 radical (unpaired) electrons. The maximum absolute atomic E-state index is 12.9. The van der Waals surface area contributed by atoms with Gasteiger partial charge in [-0.05, 0) is 34.1 Å². The van der Waals surface area contributed by atoms with E-state index >= 15 is 0 Å². The third kappa shape index (κ3) is 3.43. The highest BCUT2D eigenvalue weighted by Gasteiger charge is 2.17. The SMILES string of the molecule is O=C(COc1ccc(F)cc1Br)N1CCOCC1. The molecule has 1 aromatic carbocycles. The number of ether oxygens (including phenoxy) is 2. The molecule has 4 nitrogen and oxygen atoms in total. The zero-order valence-corrected chi connectivity index (χ0v) is 11.3. The van der Waals surface area contributed by atoms with Gasteiger partial charge in [0.25, 0.3) is 5.91 Å². The van der Waals surface area contributed by atoms with Crippen LogP contribution in [0.3, 0.4) is 0 Å². The molecular formula is C12H13BrFNO3. The lowest BCUT2D eigenvalue weighted by Crippen LogP contribution is -2.43. The Balaban J connectivity index is 1.88. The van der Waals surface area contributed by atoms with Gasteiger partial charge in [-0.1, -0.05) is 0 Å². The van der Waals surface area contributed by atoms with Gasteiger partial charge in [0.2, 0.25) is 0 Å². The molecule has 0 N–H and O–H groups in total. The summed E-state index contributed by atoms with van der Waals surface area (Å²) in [5.74, 6) is 0.0151. The third-order valence-electron chi connectivity index (χ3n) is 2.61. The summed E-state index contributed by atoms with van der Waals surface area (Å²) in [6.07, 6.45) is 0. The van der Waals surface area contributed by atoms with Crippen molar-refractivity contribution in [1.29, 1.82) is 0 Å². The minimum absolute atomic E-state index is 0.0514. The third-order valence-corrected chi connectivity index (χ3v) is 3.23. The lowest BCUT2D eigenvalue weighted by atomic mass is 10.3. The minimum Gasteiger partial charge on any atom is -0.483 e. The number of benzene rings is 1. The van der Waals surface area contributed by atoms with E-state index in [1.807, 2.05) is 0 Å². The van der Waals surface area contributed by atoms with Gasteiger partial charge in [-0.3, -0.25) is 4.79 Å². The van der Waals surface area contributed by atoms with Crippen LogP contribution in [-0.4, -0.2) is 43.7 Å². The molecule has 98 valence electrons. The number of nitrogens with zero attached hydrogens (tertiary/aromatic N) is 1. The average molecular weight is 318 g/mol. The Bertz CT molecular complexity index is 435. The summed E-state index contributed by atoms with van der Waals surface area (Å²) in [7, 11) is 0. The maximum Gasteiger partial charge on any atom is 0.260 e. The topological polar surface area (TPSA) is 38.8 Å². The number of carbonyl (C=O) groups is 1. The van der Waals surface area contributed by atoms with Crippen molar-refractivity contribution in [3.05, 3.63) is 28.5 Å². The second kappa shape index (κ2) is 6.15. The van der Waals surface area contributed by atoms with Crippen LogP contribution in [-0.2, 0) is 9.53 Å². The first-order valence-electron chi connectivity index (χ1n) is 5.60. The summed E-state index contributed by atoms with van der Waals surface area (Å²) in [4.78, 5) is 13.5. The number of morpholine rings is 1. The standard InChI is InChI=1S/C12H13BrFNO3/c13-10-7-9(14)1-2-11(10)18-8-12(16)15-3-5-17-6-4-15/h1-2,7H,3-6,8H2. The zero-order chi connectivity index (χ0) is 13.0. The molecule has 1 fully saturated rings. The number of hydrogen-bond donors (Lipinski definition) is 0. The molecule has 1 saturated heterocycles. The van der Waals surface area contributed by atoms with E-state index in [1.54, 1.807) is 4.90 Å². The van der Waals surface area contributed by atoms with Crippen LogP contribution in [0, 0.1) is 5.82 Å². The fraction of sp³-hybridized carbons (Fsp3) is 0.417. The lowest BCUT2D eigenvalue weighted by Gasteiger charge is -2.26. The average Bonchev–Trinajstić information content (AvgIpc) is 2.38. The molecule has 0 bridgehead atoms. The number of carbonyl (C=O) groups excluding carboxylic acids is 1. The fourth-order valence-corrected chi connectivity index (χ4v) is 2.10. The van der Waals surface area contributed by atoms with Crippen molar-refractivity contribution in [1.82, 2.24) is 4.90 Å². The van der Waals surface area contributed by atoms with Gasteiger partial charge in [0.1, 0.15) is 11.6 Å². The summed E-state index contributed by atoms with van der Waals surface area (Å²) in [5.41, 5.74) is 0. The molecule has 0 aromatic heterocycles. The van der Waals surface area contributed by atoms with Gasteiger partial charge in [-0.15, -0.1) is 0 Å². The molecule has 0 aliphatic carbocycles. The number of halogens is 2. The molecular weight excluding hydrogens is 305 g/mol. The molecule has 1 aliphatic heterocycles. The molecule has 0 spiro atoms. The molecule has 0 saturated carbocycles. The second-order valence-electron chi connectivity index (χ2n) is 3.86. The highest BCUT2D eigenvalue weighted by molar-refractivity contribution is 9.10. The zero-order valence-electron chi connectivity index (χ0n) is 9.70. The van der Waals surface area contributed by atoms with E-state index < -0.39 is 0 Å². The van der Waals surface area contributed by atoms with E-state index in [2.05, 4.69) is 15.9 Å². The molecule has 1 aliphatic rings. The maximum atomic E-state index is 12.9. The van der Waals surface area contributed by atoms with Crippen molar-refractivity contribution in [3.8, 4) is 5.75 Å². The van der Waals surface area contributed by atoms with Crippen molar-refractivity contribution in [2.24, 2.45) is 0 Å². The van der Waals surface area contributed by atoms with Crippen LogP contribution in [0.25, 0.3) is 0 Å². The van der Waals surface area contributed by atoms with Crippen molar-refractivity contribution in [2.45, 2.75) is 0 Å². The van der Waals surface area contributed by atoms with Crippen molar-refractivity contribution >= 4 is 21.8 Å². The van der Waals surface area contributed by atoms with E-state index in [-0.39, 0.29) is 18.3 Å². The van der Waals surface area contributed by atoms with Gasteiger partial charge in [0.15, 0.2) is 6.61 Å².